The molecule has 5 nitrogen and oxygen atoms in total. The van der Waals surface area contributed by atoms with Crippen LogP contribution in [0.3, 0.4) is 0 Å². The Balaban J connectivity index is 2.14. The van der Waals surface area contributed by atoms with Crippen LogP contribution in [-0.4, -0.2) is 30.2 Å². The molecule has 2 heterocycles. The van der Waals surface area contributed by atoms with Gasteiger partial charge in [-0.3, -0.25) is 0 Å². The Labute approximate surface area is 124 Å². The van der Waals surface area contributed by atoms with Crippen LogP contribution in [0.25, 0.3) is 11.4 Å². The number of hydrogen-bond donors (Lipinski definition) is 1. The lowest BCUT2D eigenvalue weighted by Crippen LogP contribution is -2.05. The molecule has 0 radical (unpaired) electrons. The first-order chi connectivity index (χ1) is 10.1. The fourth-order valence-corrected chi connectivity index (χ4v) is 2.60. The molecule has 1 aromatic heterocycles. The third kappa shape index (κ3) is 2.51. The minimum Gasteiger partial charge on any atom is -0.496 e. The van der Waals surface area contributed by atoms with E-state index in [1.165, 1.54) is 5.56 Å². The summed E-state index contributed by atoms with van der Waals surface area (Å²) in [5, 5.41) is 3.05. The number of methoxy groups -OCH3 is 1. The number of fused-ring (bicyclic) bond motifs is 1. The molecular weight excluding hydrogens is 266 g/mol. The first-order valence-corrected chi connectivity index (χ1v) is 7.02. The fraction of sp³-hybridized carbons (Fsp3) is 0.375. The van der Waals surface area contributed by atoms with Gasteiger partial charge in [0.05, 0.1) is 12.7 Å². The topological polar surface area (TPSA) is 56.3 Å². The van der Waals surface area contributed by atoms with Crippen LogP contribution < -0.4 is 14.8 Å². The van der Waals surface area contributed by atoms with E-state index in [0.29, 0.717) is 5.82 Å². The Morgan fingerprint density at radius 1 is 1.29 bits per heavy atom. The van der Waals surface area contributed by atoms with E-state index in [1.807, 2.05) is 32.2 Å². The second-order valence-electron chi connectivity index (χ2n) is 5.26. The predicted molar refractivity (Wildman–Crippen MR) is 82.1 cm³/mol. The molecule has 1 aromatic carbocycles. The Morgan fingerprint density at radius 2 is 2.10 bits per heavy atom. The molecule has 0 saturated heterocycles. The van der Waals surface area contributed by atoms with E-state index >= 15 is 0 Å². The maximum Gasteiger partial charge on any atom is 0.165 e. The normalized spacial score (nSPS) is 16.3. The summed E-state index contributed by atoms with van der Waals surface area (Å²) >= 11 is 0. The lowest BCUT2D eigenvalue weighted by atomic mass is 10.1. The van der Waals surface area contributed by atoms with Crippen molar-refractivity contribution in [3.05, 3.63) is 29.5 Å². The average molecular weight is 285 g/mol. The van der Waals surface area contributed by atoms with E-state index in [9.17, 15) is 0 Å². The van der Waals surface area contributed by atoms with Crippen LogP contribution in [-0.2, 0) is 6.42 Å². The number of anilines is 1. The summed E-state index contributed by atoms with van der Waals surface area (Å²) in [5.74, 6) is 3.10. The SMILES string of the molecule is CNc1cc(C)nc(-c2cc3c(cc2OC)CC(C)O3)n1. The highest BCUT2D eigenvalue weighted by Gasteiger charge is 2.23. The van der Waals surface area contributed by atoms with Crippen LogP contribution >= 0.6 is 0 Å². The van der Waals surface area contributed by atoms with Gasteiger partial charge in [-0.2, -0.15) is 0 Å². The number of ether oxygens (including phenoxy) is 2. The lowest BCUT2D eigenvalue weighted by Gasteiger charge is -2.11. The molecule has 2 aromatic rings. The molecule has 1 aliphatic heterocycles. The van der Waals surface area contributed by atoms with Crippen LogP contribution in [0, 0.1) is 6.92 Å². The molecule has 0 spiro atoms. The number of nitrogens with zero attached hydrogens (tertiary/aromatic N) is 2. The molecule has 110 valence electrons. The molecule has 1 atom stereocenters. The van der Waals surface area contributed by atoms with E-state index in [0.717, 1.165) is 35.0 Å². The highest BCUT2D eigenvalue weighted by Crippen LogP contribution is 2.39. The fourth-order valence-electron chi connectivity index (χ4n) is 2.60. The zero-order valence-electron chi connectivity index (χ0n) is 12.7. The average Bonchev–Trinajstić information content (AvgIpc) is 2.84. The summed E-state index contributed by atoms with van der Waals surface area (Å²) in [6.45, 7) is 4.01. The highest BCUT2D eigenvalue weighted by atomic mass is 16.5. The third-order valence-corrected chi connectivity index (χ3v) is 3.57. The Bertz CT molecular complexity index is 685. The molecule has 21 heavy (non-hydrogen) atoms. The van der Waals surface area contributed by atoms with Gasteiger partial charge < -0.3 is 14.8 Å². The van der Waals surface area contributed by atoms with Gasteiger partial charge in [-0.05, 0) is 26.0 Å². The van der Waals surface area contributed by atoms with Crippen molar-refractivity contribution >= 4 is 5.82 Å². The first-order valence-electron chi connectivity index (χ1n) is 7.02. The third-order valence-electron chi connectivity index (χ3n) is 3.57. The van der Waals surface area contributed by atoms with Crippen molar-refractivity contribution in [2.45, 2.75) is 26.4 Å². The largest absolute Gasteiger partial charge is 0.496 e. The monoisotopic (exact) mass is 285 g/mol. The van der Waals surface area contributed by atoms with E-state index in [-0.39, 0.29) is 6.10 Å². The van der Waals surface area contributed by atoms with Gasteiger partial charge in [-0.1, -0.05) is 0 Å². The van der Waals surface area contributed by atoms with Gasteiger partial charge in [0.25, 0.3) is 0 Å². The maximum absolute atomic E-state index is 5.83. The van der Waals surface area contributed by atoms with E-state index in [1.54, 1.807) is 7.11 Å². The van der Waals surface area contributed by atoms with Crippen LogP contribution in [0.1, 0.15) is 18.2 Å². The summed E-state index contributed by atoms with van der Waals surface area (Å²) in [4.78, 5) is 9.04. The summed E-state index contributed by atoms with van der Waals surface area (Å²) in [6, 6.07) is 5.91. The van der Waals surface area contributed by atoms with E-state index < -0.39 is 0 Å². The van der Waals surface area contributed by atoms with E-state index in [4.69, 9.17) is 9.47 Å². The van der Waals surface area contributed by atoms with Gasteiger partial charge in [0, 0.05) is 30.8 Å². The van der Waals surface area contributed by atoms with Crippen molar-refractivity contribution < 1.29 is 9.47 Å². The molecule has 0 aliphatic carbocycles. The molecule has 1 aliphatic rings. The van der Waals surface area contributed by atoms with Crippen molar-refractivity contribution in [2.24, 2.45) is 0 Å². The molecule has 5 heteroatoms. The number of nitrogens with one attached hydrogen (secondary N) is 1. The summed E-state index contributed by atoms with van der Waals surface area (Å²) < 4.78 is 11.3. The zero-order valence-corrected chi connectivity index (χ0v) is 12.7. The Hall–Kier alpha value is -2.30. The molecule has 3 rings (SSSR count). The number of benzene rings is 1. The predicted octanol–water partition coefficient (Wildman–Crippen LogP) is 2.83. The smallest absolute Gasteiger partial charge is 0.165 e. The molecule has 1 unspecified atom stereocenters. The molecule has 0 bridgehead atoms. The number of aryl methyl sites for hydroxylation is 1. The second-order valence-corrected chi connectivity index (χ2v) is 5.26. The van der Waals surface area contributed by atoms with Gasteiger partial charge in [0.15, 0.2) is 5.82 Å². The molecule has 0 amide bonds. The standard InChI is InChI=1S/C16H19N3O2/c1-9-5-15(17-3)19-16(18-9)12-8-13-11(6-10(2)21-13)7-14(12)20-4/h5,7-8,10H,6H2,1-4H3,(H,17,18,19). The second kappa shape index (κ2) is 5.24. The van der Waals surface area contributed by atoms with Gasteiger partial charge >= 0.3 is 0 Å². The van der Waals surface area contributed by atoms with Gasteiger partial charge in [-0.25, -0.2) is 9.97 Å². The van der Waals surface area contributed by atoms with Gasteiger partial charge in [0.1, 0.15) is 23.4 Å². The van der Waals surface area contributed by atoms with Crippen molar-refractivity contribution in [3.8, 4) is 22.9 Å². The first kappa shape index (κ1) is 13.7. The molecule has 1 N–H and O–H groups in total. The number of aromatic nitrogens is 2. The quantitative estimate of drug-likeness (QED) is 0.939. The van der Waals surface area contributed by atoms with Crippen LogP contribution in [0.2, 0.25) is 0 Å². The van der Waals surface area contributed by atoms with Crippen molar-refractivity contribution in [1.29, 1.82) is 0 Å². The van der Waals surface area contributed by atoms with Gasteiger partial charge in [-0.15, -0.1) is 0 Å². The minimum atomic E-state index is 0.200. The van der Waals surface area contributed by atoms with Crippen molar-refractivity contribution in [3.63, 3.8) is 0 Å². The van der Waals surface area contributed by atoms with Crippen molar-refractivity contribution in [2.75, 3.05) is 19.5 Å². The van der Waals surface area contributed by atoms with Crippen LogP contribution in [0.4, 0.5) is 5.82 Å². The maximum atomic E-state index is 5.83. The number of hydrogen-bond acceptors (Lipinski definition) is 5. The number of rotatable bonds is 3. The minimum absolute atomic E-state index is 0.200. The van der Waals surface area contributed by atoms with E-state index in [2.05, 4.69) is 22.2 Å². The lowest BCUT2D eigenvalue weighted by molar-refractivity contribution is 0.254. The van der Waals surface area contributed by atoms with Gasteiger partial charge in [0.2, 0.25) is 0 Å². The van der Waals surface area contributed by atoms with Crippen LogP contribution in [0.5, 0.6) is 11.5 Å². The Morgan fingerprint density at radius 3 is 2.81 bits per heavy atom. The summed E-state index contributed by atoms with van der Waals surface area (Å²) in [6.07, 6.45) is 1.11. The van der Waals surface area contributed by atoms with Crippen LogP contribution in [0.15, 0.2) is 18.2 Å². The Kier molecular flexibility index (Phi) is 3.41. The highest BCUT2D eigenvalue weighted by molar-refractivity contribution is 5.69. The van der Waals surface area contributed by atoms with Crippen molar-refractivity contribution in [1.82, 2.24) is 9.97 Å². The molecular formula is C16H19N3O2. The molecule has 0 fully saturated rings. The molecule has 0 saturated carbocycles. The summed E-state index contributed by atoms with van der Waals surface area (Å²) in [7, 11) is 3.51. The summed E-state index contributed by atoms with van der Waals surface area (Å²) in [5.41, 5.74) is 2.93. The zero-order chi connectivity index (χ0) is 15.0.